The van der Waals surface area contributed by atoms with Crippen molar-refractivity contribution in [1.82, 2.24) is 14.5 Å². The number of rotatable bonds is 2. The van der Waals surface area contributed by atoms with Crippen molar-refractivity contribution in [3.05, 3.63) is 83.6 Å². The van der Waals surface area contributed by atoms with Crippen molar-refractivity contribution in [1.29, 1.82) is 0 Å². The number of carbonyl (C=O) groups is 1. The van der Waals surface area contributed by atoms with Crippen LogP contribution in [0.25, 0.3) is 22.4 Å². The van der Waals surface area contributed by atoms with Crippen LogP contribution in [0.3, 0.4) is 0 Å². The summed E-state index contributed by atoms with van der Waals surface area (Å²) in [4.78, 5) is 21.7. The molecule has 4 rings (SSSR count). The monoisotopic (exact) mass is 333 g/mol. The summed E-state index contributed by atoms with van der Waals surface area (Å²) in [5, 5.41) is 0.561. The molecule has 2 aromatic heterocycles. The largest absolute Gasteiger partial charge is 0.268 e. The molecular formula is C19H12ClN3O. The number of hydrogen-bond donors (Lipinski definition) is 0. The minimum Gasteiger partial charge on any atom is -0.268 e. The van der Waals surface area contributed by atoms with Crippen molar-refractivity contribution in [2.45, 2.75) is 0 Å². The van der Waals surface area contributed by atoms with Gasteiger partial charge in [0.15, 0.2) is 0 Å². The minimum atomic E-state index is -0.166. The second kappa shape index (κ2) is 5.91. The minimum absolute atomic E-state index is 0.166. The highest BCUT2D eigenvalue weighted by Crippen LogP contribution is 2.27. The van der Waals surface area contributed by atoms with Crippen LogP contribution in [0.5, 0.6) is 0 Å². The summed E-state index contributed by atoms with van der Waals surface area (Å²) in [5.74, 6) is 0.427. The summed E-state index contributed by atoms with van der Waals surface area (Å²) in [6, 6.07) is 18.4. The van der Waals surface area contributed by atoms with Gasteiger partial charge in [-0.05, 0) is 30.3 Å². The number of halogens is 1. The van der Waals surface area contributed by atoms with Gasteiger partial charge in [0.05, 0.1) is 11.0 Å². The maximum absolute atomic E-state index is 13.1. The molecule has 0 amide bonds. The van der Waals surface area contributed by atoms with Gasteiger partial charge in [-0.2, -0.15) is 0 Å². The molecule has 2 aromatic carbocycles. The van der Waals surface area contributed by atoms with Crippen LogP contribution in [0, 0.1) is 0 Å². The van der Waals surface area contributed by atoms with E-state index in [9.17, 15) is 4.79 Å². The zero-order chi connectivity index (χ0) is 16.5. The number of fused-ring (bicyclic) bond motifs is 1. The molecule has 0 radical (unpaired) electrons. The van der Waals surface area contributed by atoms with Crippen LogP contribution >= 0.6 is 11.6 Å². The topological polar surface area (TPSA) is 47.8 Å². The number of benzene rings is 2. The van der Waals surface area contributed by atoms with E-state index in [1.54, 1.807) is 41.2 Å². The molecule has 116 valence electrons. The molecule has 0 saturated heterocycles. The summed E-state index contributed by atoms with van der Waals surface area (Å²) >= 11 is 6.13. The molecule has 0 unspecified atom stereocenters. The van der Waals surface area contributed by atoms with Crippen LogP contribution in [0.1, 0.15) is 10.4 Å². The van der Waals surface area contributed by atoms with E-state index in [4.69, 9.17) is 11.6 Å². The van der Waals surface area contributed by atoms with Crippen molar-refractivity contribution in [3.8, 4) is 11.4 Å². The Labute approximate surface area is 143 Å². The Kier molecular flexibility index (Phi) is 3.59. The number of nitrogens with zero attached hydrogens (tertiary/aromatic N) is 3. The second-order valence-corrected chi connectivity index (χ2v) is 5.75. The summed E-state index contributed by atoms with van der Waals surface area (Å²) in [6.07, 6.45) is 3.20. The maximum atomic E-state index is 13.1. The lowest BCUT2D eigenvalue weighted by molar-refractivity contribution is 0.0966. The van der Waals surface area contributed by atoms with Crippen molar-refractivity contribution in [2.75, 3.05) is 0 Å². The molecule has 4 nitrogen and oxygen atoms in total. The standard InChI is InChI=1S/C19H12ClN3O/c20-15-6-7-16-17(12-15)23(19(24)14-8-10-21-11-9-14)18(22-16)13-4-2-1-3-5-13/h1-12H. The molecule has 0 atom stereocenters. The lowest BCUT2D eigenvalue weighted by Gasteiger charge is -2.08. The number of imidazole rings is 1. The van der Waals surface area contributed by atoms with Crippen LogP contribution < -0.4 is 0 Å². The van der Waals surface area contributed by atoms with Gasteiger partial charge in [-0.1, -0.05) is 41.9 Å². The van der Waals surface area contributed by atoms with E-state index in [1.807, 2.05) is 36.4 Å². The molecule has 0 aliphatic carbocycles. The van der Waals surface area contributed by atoms with Crippen LogP contribution in [0.15, 0.2) is 73.1 Å². The number of pyridine rings is 1. The third-order valence-electron chi connectivity index (χ3n) is 3.78. The molecule has 0 aliphatic rings. The van der Waals surface area contributed by atoms with Gasteiger partial charge in [-0.25, -0.2) is 4.98 Å². The predicted molar refractivity (Wildman–Crippen MR) is 94.1 cm³/mol. The normalized spacial score (nSPS) is 10.9. The van der Waals surface area contributed by atoms with E-state index in [2.05, 4.69) is 9.97 Å². The number of hydrogen-bond acceptors (Lipinski definition) is 3. The Hall–Kier alpha value is -2.98. The fourth-order valence-electron chi connectivity index (χ4n) is 2.66. The molecule has 0 saturated carbocycles. The zero-order valence-electron chi connectivity index (χ0n) is 12.6. The van der Waals surface area contributed by atoms with Crippen molar-refractivity contribution < 1.29 is 4.79 Å². The fraction of sp³-hybridized carbons (Fsp3) is 0. The van der Waals surface area contributed by atoms with Gasteiger partial charge in [-0.15, -0.1) is 0 Å². The average Bonchev–Trinajstić information content (AvgIpc) is 3.01. The predicted octanol–water partition coefficient (Wildman–Crippen LogP) is 4.44. The van der Waals surface area contributed by atoms with Gasteiger partial charge in [0.25, 0.3) is 5.91 Å². The van der Waals surface area contributed by atoms with Gasteiger partial charge in [0.1, 0.15) is 5.82 Å². The van der Waals surface area contributed by atoms with Gasteiger partial charge in [0, 0.05) is 28.5 Å². The summed E-state index contributed by atoms with van der Waals surface area (Å²) in [7, 11) is 0. The Balaban J connectivity index is 2.01. The Morgan fingerprint density at radius 3 is 2.46 bits per heavy atom. The number of carbonyl (C=O) groups excluding carboxylic acids is 1. The zero-order valence-corrected chi connectivity index (χ0v) is 13.3. The summed E-state index contributed by atoms with van der Waals surface area (Å²) in [6.45, 7) is 0. The molecule has 0 bridgehead atoms. The smallest absolute Gasteiger partial charge is 0.264 e. The van der Waals surface area contributed by atoms with Crippen molar-refractivity contribution >= 4 is 28.5 Å². The quantitative estimate of drug-likeness (QED) is 0.545. The third-order valence-corrected chi connectivity index (χ3v) is 4.01. The first-order chi connectivity index (χ1) is 11.7. The first-order valence-electron chi connectivity index (χ1n) is 7.42. The molecule has 0 N–H and O–H groups in total. The van der Waals surface area contributed by atoms with Gasteiger partial charge < -0.3 is 0 Å². The molecule has 5 heteroatoms. The summed E-state index contributed by atoms with van der Waals surface area (Å²) < 4.78 is 1.60. The first-order valence-corrected chi connectivity index (χ1v) is 7.80. The first kappa shape index (κ1) is 14.6. The molecule has 4 aromatic rings. The van der Waals surface area contributed by atoms with Crippen LogP contribution in [-0.4, -0.2) is 20.4 Å². The van der Waals surface area contributed by atoms with Gasteiger partial charge >= 0.3 is 0 Å². The second-order valence-electron chi connectivity index (χ2n) is 5.31. The van der Waals surface area contributed by atoms with Crippen LogP contribution in [0.2, 0.25) is 5.02 Å². The van der Waals surface area contributed by atoms with E-state index in [0.29, 0.717) is 21.9 Å². The molecule has 24 heavy (non-hydrogen) atoms. The van der Waals surface area contributed by atoms with E-state index < -0.39 is 0 Å². The van der Waals surface area contributed by atoms with Crippen molar-refractivity contribution in [2.24, 2.45) is 0 Å². The molecular weight excluding hydrogens is 322 g/mol. The highest BCUT2D eigenvalue weighted by molar-refractivity contribution is 6.31. The molecule has 0 aliphatic heterocycles. The van der Waals surface area contributed by atoms with E-state index in [0.717, 1.165) is 11.1 Å². The van der Waals surface area contributed by atoms with Crippen LogP contribution in [0.4, 0.5) is 0 Å². The lowest BCUT2D eigenvalue weighted by Crippen LogP contribution is -2.13. The molecule has 2 heterocycles. The van der Waals surface area contributed by atoms with Crippen molar-refractivity contribution in [3.63, 3.8) is 0 Å². The SMILES string of the molecule is O=C(c1ccncc1)n1c(-c2ccccc2)nc2ccc(Cl)cc21. The van der Waals surface area contributed by atoms with E-state index in [1.165, 1.54) is 0 Å². The maximum Gasteiger partial charge on any atom is 0.264 e. The lowest BCUT2D eigenvalue weighted by atomic mass is 10.2. The molecule has 0 spiro atoms. The van der Waals surface area contributed by atoms with Gasteiger partial charge in [-0.3, -0.25) is 14.3 Å². The van der Waals surface area contributed by atoms with Crippen LogP contribution in [-0.2, 0) is 0 Å². The Morgan fingerprint density at radius 1 is 0.958 bits per heavy atom. The summed E-state index contributed by atoms with van der Waals surface area (Å²) in [5.41, 5.74) is 2.82. The van der Waals surface area contributed by atoms with Gasteiger partial charge in [0.2, 0.25) is 0 Å². The Morgan fingerprint density at radius 2 is 1.71 bits per heavy atom. The average molecular weight is 334 g/mol. The highest BCUT2D eigenvalue weighted by Gasteiger charge is 2.19. The van der Waals surface area contributed by atoms with E-state index >= 15 is 0 Å². The van der Waals surface area contributed by atoms with E-state index in [-0.39, 0.29) is 5.91 Å². The molecule has 0 fully saturated rings. The number of aromatic nitrogens is 3. The fourth-order valence-corrected chi connectivity index (χ4v) is 2.82. The Bertz CT molecular complexity index is 1030. The highest BCUT2D eigenvalue weighted by atomic mass is 35.5. The third kappa shape index (κ3) is 2.47.